The minimum Gasteiger partial charge on any atom is -0.492 e. The van der Waals surface area contributed by atoms with Crippen LogP contribution in [0.1, 0.15) is 51.5 Å². The van der Waals surface area contributed by atoms with Gasteiger partial charge < -0.3 is 19.7 Å². The largest absolute Gasteiger partial charge is 0.492 e. The van der Waals surface area contributed by atoms with E-state index < -0.39 is 0 Å². The van der Waals surface area contributed by atoms with Crippen molar-refractivity contribution < 1.29 is 19.1 Å². The number of nitrogens with zero attached hydrogens (tertiary/aromatic N) is 3. The number of likely N-dealkylation sites (N-methyl/N-ethyl adjacent to an activating group) is 1. The predicted octanol–water partition coefficient (Wildman–Crippen LogP) is 4.04. The summed E-state index contributed by atoms with van der Waals surface area (Å²) < 4.78 is 13.2. The molecule has 34 heavy (non-hydrogen) atoms. The highest BCUT2D eigenvalue weighted by atomic mass is 16.5. The van der Waals surface area contributed by atoms with Crippen LogP contribution in [0.5, 0.6) is 5.75 Å². The second kappa shape index (κ2) is 12.0. The molecule has 1 atom stereocenters. The summed E-state index contributed by atoms with van der Waals surface area (Å²) in [5.74, 6) is 0.577. The van der Waals surface area contributed by atoms with Gasteiger partial charge in [-0.05, 0) is 37.3 Å². The van der Waals surface area contributed by atoms with Crippen LogP contribution in [-0.4, -0.2) is 59.4 Å². The molecular weight excluding hydrogens is 432 g/mol. The number of aryl methyl sites for hydroxylation is 1. The molecule has 1 aliphatic rings. The van der Waals surface area contributed by atoms with Crippen LogP contribution in [0.25, 0.3) is 0 Å². The van der Waals surface area contributed by atoms with E-state index >= 15 is 0 Å². The molecule has 2 amide bonds. The molecule has 1 fully saturated rings. The molecule has 1 aromatic heterocycles. The van der Waals surface area contributed by atoms with Gasteiger partial charge >= 0.3 is 0 Å². The maximum atomic E-state index is 12.5. The van der Waals surface area contributed by atoms with Gasteiger partial charge in [-0.2, -0.15) is 5.10 Å². The minimum absolute atomic E-state index is 0.0861. The lowest BCUT2D eigenvalue weighted by Crippen LogP contribution is -2.35. The maximum absolute atomic E-state index is 12.5. The lowest BCUT2D eigenvalue weighted by atomic mass is 9.75. The van der Waals surface area contributed by atoms with Gasteiger partial charge in [-0.15, -0.1) is 0 Å². The van der Waals surface area contributed by atoms with Gasteiger partial charge in [-0.1, -0.05) is 44.4 Å². The van der Waals surface area contributed by atoms with Crippen LogP contribution < -0.4 is 10.1 Å². The number of amides is 2. The van der Waals surface area contributed by atoms with Crippen molar-refractivity contribution in [3.63, 3.8) is 0 Å². The van der Waals surface area contributed by atoms with E-state index in [9.17, 15) is 9.59 Å². The van der Waals surface area contributed by atoms with Crippen LogP contribution in [0.4, 0.5) is 5.69 Å². The Kier molecular flexibility index (Phi) is 9.10. The second-order valence-corrected chi connectivity index (χ2v) is 9.80. The summed E-state index contributed by atoms with van der Waals surface area (Å²) in [7, 11) is 1.74. The van der Waals surface area contributed by atoms with E-state index in [-0.39, 0.29) is 29.9 Å². The molecule has 2 aromatic rings. The summed E-state index contributed by atoms with van der Waals surface area (Å²) in [5, 5.41) is 7.02. The van der Waals surface area contributed by atoms with Crippen LogP contribution in [0.2, 0.25) is 0 Å². The summed E-state index contributed by atoms with van der Waals surface area (Å²) in [5.41, 5.74) is 1.91. The molecule has 1 N–H and O–H groups in total. The first-order valence-corrected chi connectivity index (χ1v) is 12.1. The fraction of sp³-hybridized carbons (Fsp3) is 0.577. The van der Waals surface area contributed by atoms with Gasteiger partial charge in [0.25, 0.3) is 0 Å². The monoisotopic (exact) mass is 470 g/mol. The van der Waals surface area contributed by atoms with Gasteiger partial charge in [-0.25, -0.2) is 0 Å². The Balaban J connectivity index is 1.35. The quantitative estimate of drug-likeness (QED) is 0.536. The van der Waals surface area contributed by atoms with Crippen molar-refractivity contribution >= 4 is 17.5 Å². The number of aromatic nitrogens is 2. The fourth-order valence-corrected chi connectivity index (χ4v) is 4.12. The van der Waals surface area contributed by atoms with Crippen molar-refractivity contribution in [1.82, 2.24) is 14.7 Å². The minimum atomic E-state index is -0.120. The van der Waals surface area contributed by atoms with Crippen LogP contribution in [0.3, 0.4) is 0 Å². The molecule has 0 saturated heterocycles. The molecule has 0 radical (unpaired) electrons. The number of carbonyl (C=O) groups is 2. The summed E-state index contributed by atoms with van der Waals surface area (Å²) in [4.78, 5) is 26.4. The molecule has 8 heteroatoms. The molecule has 1 aromatic carbocycles. The molecule has 8 nitrogen and oxygen atoms in total. The van der Waals surface area contributed by atoms with E-state index in [0.717, 1.165) is 18.6 Å². The van der Waals surface area contributed by atoms with Crippen molar-refractivity contribution in [2.45, 2.75) is 65.5 Å². The van der Waals surface area contributed by atoms with Crippen molar-refractivity contribution in [3.8, 4) is 5.75 Å². The van der Waals surface area contributed by atoms with Crippen LogP contribution in [-0.2, 0) is 20.9 Å². The van der Waals surface area contributed by atoms with E-state index in [0.29, 0.717) is 31.9 Å². The van der Waals surface area contributed by atoms with Gasteiger partial charge in [0.15, 0.2) is 0 Å². The number of hydrogen-bond donors (Lipinski definition) is 1. The first kappa shape index (κ1) is 25.7. The summed E-state index contributed by atoms with van der Waals surface area (Å²) in [6.07, 6.45) is 8.37. The summed E-state index contributed by atoms with van der Waals surface area (Å²) >= 11 is 0. The van der Waals surface area contributed by atoms with Crippen LogP contribution in [0.15, 0.2) is 36.7 Å². The Labute approximate surface area is 202 Å². The number of benzene rings is 1. The van der Waals surface area contributed by atoms with Crippen molar-refractivity contribution in [2.75, 3.05) is 32.1 Å². The average molecular weight is 471 g/mol. The van der Waals surface area contributed by atoms with E-state index in [4.69, 9.17) is 9.47 Å². The highest BCUT2D eigenvalue weighted by Gasteiger charge is 2.32. The lowest BCUT2D eigenvalue weighted by molar-refractivity contribution is -0.131. The molecule has 186 valence electrons. The number of anilines is 1. The summed E-state index contributed by atoms with van der Waals surface area (Å²) in [6, 6.07) is 7.81. The molecule has 0 spiro atoms. The van der Waals surface area contributed by atoms with E-state index in [2.05, 4.69) is 24.3 Å². The van der Waals surface area contributed by atoms with Crippen LogP contribution in [0, 0.1) is 12.3 Å². The van der Waals surface area contributed by atoms with Gasteiger partial charge in [-0.3, -0.25) is 14.3 Å². The SMILES string of the molecule is Cc1ccc(OCCN(C)C(=O)Cn2cc(NC(=O)CCOC3CCCCC3(C)C)cn2)cc1. The van der Waals surface area contributed by atoms with Crippen molar-refractivity contribution in [3.05, 3.63) is 42.2 Å². The second-order valence-electron chi connectivity index (χ2n) is 9.80. The molecule has 0 aliphatic heterocycles. The predicted molar refractivity (Wildman–Crippen MR) is 132 cm³/mol. The Bertz CT molecular complexity index is 939. The third kappa shape index (κ3) is 7.87. The first-order chi connectivity index (χ1) is 16.2. The topological polar surface area (TPSA) is 85.7 Å². The van der Waals surface area contributed by atoms with Gasteiger partial charge in [0.05, 0.1) is 37.6 Å². The van der Waals surface area contributed by atoms with Gasteiger partial charge in [0, 0.05) is 13.2 Å². The van der Waals surface area contributed by atoms with E-state index in [1.54, 1.807) is 24.3 Å². The highest BCUT2D eigenvalue weighted by molar-refractivity contribution is 5.90. The maximum Gasteiger partial charge on any atom is 0.244 e. The number of carbonyl (C=O) groups excluding carboxylic acids is 2. The number of rotatable bonds is 11. The summed E-state index contributed by atoms with van der Waals surface area (Å²) in [6.45, 7) is 7.87. The Morgan fingerprint density at radius 2 is 1.97 bits per heavy atom. The molecular formula is C26H38N4O4. The van der Waals surface area contributed by atoms with Crippen LogP contribution >= 0.6 is 0 Å². The smallest absolute Gasteiger partial charge is 0.244 e. The zero-order chi connectivity index (χ0) is 24.6. The van der Waals surface area contributed by atoms with E-state index in [1.807, 2.05) is 31.2 Å². The average Bonchev–Trinajstić information content (AvgIpc) is 3.22. The number of hydrogen-bond acceptors (Lipinski definition) is 5. The van der Waals surface area contributed by atoms with Gasteiger partial charge in [0.2, 0.25) is 11.8 Å². The fourth-order valence-electron chi connectivity index (χ4n) is 4.12. The van der Waals surface area contributed by atoms with Gasteiger partial charge in [0.1, 0.15) is 18.9 Å². The number of nitrogens with one attached hydrogen (secondary N) is 1. The molecule has 3 rings (SSSR count). The Morgan fingerprint density at radius 3 is 2.71 bits per heavy atom. The molecule has 1 saturated carbocycles. The zero-order valence-corrected chi connectivity index (χ0v) is 20.9. The van der Waals surface area contributed by atoms with Crippen molar-refractivity contribution in [1.29, 1.82) is 0 Å². The van der Waals surface area contributed by atoms with E-state index in [1.165, 1.54) is 23.1 Å². The Hall–Kier alpha value is -2.87. The third-order valence-electron chi connectivity index (χ3n) is 6.41. The molecule has 1 unspecified atom stereocenters. The third-order valence-corrected chi connectivity index (χ3v) is 6.41. The van der Waals surface area contributed by atoms with Crippen molar-refractivity contribution in [2.24, 2.45) is 5.41 Å². The zero-order valence-electron chi connectivity index (χ0n) is 20.9. The number of ether oxygens (including phenoxy) is 2. The molecule has 1 heterocycles. The first-order valence-electron chi connectivity index (χ1n) is 12.1. The molecule has 0 bridgehead atoms. The standard InChI is InChI=1S/C26H38N4O4/c1-20-8-10-22(11-9-20)33-16-14-29(4)25(32)19-30-18-21(17-27-30)28-24(31)12-15-34-23-7-5-6-13-26(23,2)3/h8-11,17-18,23H,5-7,12-16,19H2,1-4H3,(H,28,31). The lowest BCUT2D eigenvalue weighted by Gasteiger charge is -2.38. The normalized spacial score (nSPS) is 17.2. The molecule has 1 aliphatic carbocycles. The Morgan fingerprint density at radius 1 is 1.21 bits per heavy atom. The highest BCUT2D eigenvalue weighted by Crippen LogP contribution is 2.37.